The molecule has 6 rings (SSSR count). The number of carbonyl (C=O) groups excluding carboxylic acids is 1. The van der Waals surface area contributed by atoms with E-state index in [-0.39, 0.29) is 12.1 Å². The van der Waals surface area contributed by atoms with Crippen LogP contribution < -0.4 is 9.64 Å². The van der Waals surface area contributed by atoms with Crippen molar-refractivity contribution in [1.82, 2.24) is 23.8 Å². The highest BCUT2D eigenvalue weighted by molar-refractivity contribution is 7.09. The van der Waals surface area contributed by atoms with E-state index < -0.39 is 0 Å². The summed E-state index contributed by atoms with van der Waals surface area (Å²) in [6, 6.07) is 16.0. The fourth-order valence-corrected chi connectivity index (χ4v) is 5.45. The van der Waals surface area contributed by atoms with Crippen LogP contribution in [-0.2, 0) is 29.2 Å². The van der Waals surface area contributed by atoms with Gasteiger partial charge in [-0.1, -0.05) is 30.3 Å². The highest BCUT2D eigenvalue weighted by Gasteiger charge is 2.25. The average molecular weight is 535 g/mol. The highest BCUT2D eigenvalue weighted by Crippen LogP contribution is 2.26. The molecule has 198 valence electrons. The number of methoxy groups -OCH3 is 1. The molecule has 0 radical (unpaired) electrons. The Morgan fingerprint density at radius 2 is 1.92 bits per heavy atom. The van der Waals surface area contributed by atoms with Gasteiger partial charge >= 0.3 is 12.0 Å². The van der Waals surface area contributed by atoms with E-state index >= 15 is 0 Å². The maximum absolute atomic E-state index is 12.1. The topological polar surface area (TPSA) is 94.8 Å². The molecule has 2 aliphatic heterocycles. The first kappa shape index (κ1) is 24.8. The first-order valence-electron chi connectivity index (χ1n) is 12.8. The van der Waals surface area contributed by atoms with Gasteiger partial charge in [0.2, 0.25) is 5.13 Å². The van der Waals surface area contributed by atoms with Gasteiger partial charge in [0.25, 0.3) is 0 Å². The van der Waals surface area contributed by atoms with Gasteiger partial charge in [0.05, 0.1) is 42.9 Å². The number of ether oxygens (including phenoxy) is 3. The van der Waals surface area contributed by atoms with Crippen molar-refractivity contribution in [2.45, 2.75) is 32.2 Å². The van der Waals surface area contributed by atoms with Crippen LogP contribution in [0.2, 0.25) is 0 Å². The number of rotatable bonds is 9. The van der Waals surface area contributed by atoms with Gasteiger partial charge in [0.15, 0.2) is 0 Å². The summed E-state index contributed by atoms with van der Waals surface area (Å²) in [7, 11) is 1.40. The average Bonchev–Trinajstić information content (AvgIpc) is 3.54. The molecule has 4 heterocycles. The number of fused-ring (bicyclic) bond motifs is 1. The molecule has 2 fully saturated rings. The zero-order valence-electron chi connectivity index (χ0n) is 21.3. The molecular weight excluding hydrogens is 504 g/mol. The lowest BCUT2D eigenvalue weighted by atomic mass is 10.1. The number of hydrogen-bond acceptors (Lipinski definition) is 10. The Hall–Kier alpha value is -3.54. The monoisotopic (exact) mass is 534 g/mol. The number of piperazine rings is 1. The molecule has 0 N–H and O–H groups in total. The summed E-state index contributed by atoms with van der Waals surface area (Å²) in [5.74, 6) is 0.640. The second-order valence-corrected chi connectivity index (χ2v) is 10.2. The molecule has 0 aliphatic carbocycles. The first-order valence-corrected chi connectivity index (χ1v) is 13.6. The number of aromatic nitrogens is 4. The Kier molecular flexibility index (Phi) is 7.21. The van der Waals surface area contributed by atoms with Gasteiger partial charge < -0.3 is 23.7 Å². The van der Waals surface area contributed by atoms with Gasteiger partial charge in [-0.25, -0.2) is 9.78 Å². The van der Waals surface area contributed by atoms with E-state index in [9.17, 15) is 4.79 Å². The maximum Gasteiger partial charge on any atom is 0.337 e. The quantitative estimate of drug-likeness (QED) is 0.300. The third-order valence-corrected chi connectivity index (χ3v) is 7.80. The van der Waals surface area contributed by atoms with Crippen molar-refractivity contribution in [3.63, 3.8) is 0 Å². The van der Waals surface area contributed by atoms with Gasteiger partial charge in [-0.05, 0) is 30.2 Å². The van der Waals surface area contributed by atoms with E-state index in [0.717, 1.165) is 79.8 Å². The minimum atomic E-state index is -0.345. The Morgan fingerprint density at radius 3 is 2.66 bits per heavy atom. The van der Waals surface area contributed by atoms with E-state index in [4.69, 9.17) is 19.2 Å². The number of esters is 1. The van der Waals surface area contributed by atoms with Crippen molar-refractivity contribution < 1.29 is 19.0 Å². The second-order valence-electron chi connectivity index (χ2n) is 9.51. The number of imidazole rings is 1. The van der Waals surface area contributed by atoms with Crippen molar-refractivity contribution in [2.75, 3.05) is 44.8 Å². The maximum atomic E-state index is 12.1. The molecule has 11 heteroatoms. The lowest BCUT2D eigenvalue weighted by molar-refractivity contribution is -0.0592. The van der Waals surface area contributed by atoms with Crippen LogP contribution in [0.5, 0.6) is 6.01 Å². The molecule has 38 heavy (non-hydrogen) atoms. The van der Waals surface area contributed by atoms with Crippen LogP contribution in [0.15, 0.2) is 48.5 Å². The van der Waals surface area contributed by atoms with Crippen LogP contribution in [0, 0.1) is 0 Å². The van der Waals surface area contributed by atoms with E-state index in [1.807, 2.05) is 42.5 Å². The molecule has 2 aromatic heterocycles. The van der Waals surface area contributed by atoms with E-state index in [1.165, 1.54) is 18.6 Å². The van der Waals surface area contributed by atoms with Gasteiger partial charge in [-0.15, -0.1) is 4.37 Å². The summed E-state index contributed by atoms with van der Waals surface area (Å²) in [5.41, 5.74) is 3.44. The molecule has 4 aromatic rings. The van der Waals surface area contributed by atoms with Crippen LogP contribution in [0.4, 0.5) is 5.13 Å². The highest BCUT2D eigenvalue weighted by atomic mass is 32.1. The number of carbonyl (C=O) groups is 1. The van der Waals surface area contributed by atoms with Crippen molar-refractivity contribution >= 4 is 33.7 Å². The van der Waals surface area contributed by atoms with E-state index in [1.54, 1.807) is 6.07 Å². The van der Waals surface area contributed by atoms with Crippen molar-refractivity contribution in [3.8, 4) is 6.01 Å². The summed E-state index contributed by atoms with van der Waals surface area (Å²) in [4.78, 5) is 26.3. The number of anilines is 1. The molecule has 0 unspecified atom stereocenters. The van der Waals surface area contributed by atoms with Crippen molar-refractivity contribution in [2.24, 2.45) is 0 Å². The van der Waals surface area contributed by atoms with Crippen LogP contribution in [0.25, 0.3) is 11.0 Å². The summed E-state index contributed by atoms with van der Waals surface area (Å²) < 4.78 is 23.0. The summed E-state index contributed by atoms with van der Waals surface area (Å²) in [6.07, 6.45) is 1.22. The molecule has 10 nitrogen and oxygen atoms in total. The van der Waals surface area contributed by atoms with Gasteiger partial charge in [0, 0.05) is 44.3 Å². The molecule has 0 bridgehead atoms. The lowest BCUT2D eigenvalue weighted by Crippen LogP contribution is -2.46. The van der Waals surface area contributed by atoms with E-state index in [2.05, 4.69) is 23.7 Å². The fraction of sp³-hybridized carbons (Fsp3) is 0.407. The second kappa shape index (κ2) is 11.1. The Bertz CT molecular complexity index is 1400. The van der Waals surface area contributed by atoms with Gasteiger partial charge in [-0.2, -0.15) is 4.98 Å². The number of benzene rings is 2. The largest absolute Gasteiger partial charge is 0.465 e. The SMILES string of the molecule is COC(=O)c1ccc2nc(CN3CCN(c4nc(OCc5ccccc5)ns4)CC3)n(C[C@@H]3CCO3)c2c1. The molecular formula is C27H30N6O4S. The molecule has 2 saturated heterocycles. The predicted molar refractivity (Wildman–Crippen MR) is 144 cm³/mol. The summed E-state index contributed by atoms with van der Waals surface area (Å²) >= 11 is 1.38. The molecule has 0 saturated carbocycles. The number of nitrogens with zero attached hydrogens (tertiary/aromatic N) is 6. The lowest BCUT2D eigenvalue weighted by Gasteiger charge is -2.34. The van der Waals surface area contributed by atoms with Gasteiger partial charge in [-0.3, -0.25) is 4.90 Å². The predicted octanol–water partition coefficient (Wildman–Crippen LogP) is 3.36. The van der Waals surface area contributed by atoms with Crippen molar-refractivity contribution in [3.05, 3.63) is 65.5 Å². The molecule has 0 spiro atoms. The van der Waals surface area contributed by atoms with Crippen molar-refractivity contribution in [1.29, 1.82) is 0 Å². The normalized spacial score (nSPS) is 17.9. The third-order valence-electron chi connectivity index (χ3n) is 7.04. The summed E-state index contributed by atoms with van der Waals surface area (Å²) in [5, 5.41) is 0.887. The van der Waals surface area contributed by atoms with Gasteiger partial charge in [0.1, 0.15) is 12.4 Å². The molecule has 1 atom stereocenters. The Balaban J connectivity index is 1.10. The minimum absolute atomic E-state index is 0.181. The Morgan fingerprint density at radius 1 is 1.11 bits per heavy atom. The fourth-order valence-electron chi connectivity index (χ4n) is 4.78. The standard InChI is InChI=1S/C27H30N6O4S/c1-35-25(34)20-7-8-22-23(15-20)33(16-21-9-14-36-21)24(28-22)17-31-10-12-32(13-11-31)27-29-26(30-38-27)37-18-19-5-3-2-4-6-19/h2-8,15,21H,9-14,16-18H2,1H3/t21-/m0/s1. The zero-order valence-corrected chi connectivity index (χ0v) is 22.1. The van der Waals surface area contributed by atoms with Crippen LogP contribution >= 0.6 is 11.5 Å². The molecule has 2 aliphatic rings. The van der Waals surface area contributed by atoms with Crippen LogP contribution in [0.1, 0.15) is 28.2 Å². The van der Waals surface area contributed by atoms with Crippen LogP contribution in [-0.4, -0.2) is 75.8 Å². The smallest absolute Gasteiger partial charge is 0.337 e. The zero-order chi connectivity index (χ0) is 25.9. The third kappa shape index (κ3) is 5.35. The summed E-state index contributed by atoms with van der Waals surface area (Å²) in [6.45, 7) is 6.19. The van der Waals surface area contributed by atoms with Crippen LogP contribution in [0.3, 0.4) is 0 Å². The number of hydrogen-bond donors (Lipinski definition) is 0. The Labute approximate surface area is 224 Å². The molecule has 0 amide bonds. The van der Waals surface area contributed by atoms with E-state index in [0.29, 0.717) is 18.2 Å². The first-order chi connectivity index (χ1) is 18.7. The molecule has 2 aromatic carbocycles. The minimum Gasteiger partial charge on any atom is -0.465 e.